The fourth-order valence-corrected chi connectivity index (χ4v) is 4.34. The summed E-state index contributed by atoms with van der Waals surface area (Å²) >= 11 is 0. The molecule has 1 fully saturated rings. The minimum absolute atomic E-state index is 0.0463. The van der Waals surface area contributed by atoms with Crippen LogP contribution in [0, 0.1) is 11.3 Å². The van der Waals surface area contributed by atoms with E-state index in [2.05, 4.69) is 18.2 Å². The van der Waals surface area contributed by atoms with Gasteiger partial charge in [-0.1, -0.05) is 42.0 Å². The van der Waals surface area contributed by atoms with Gasteiger partial charge in [-0.05, 0) is 38.7 Å². The Balaban J connectivity index is 1.96. The first-order valence-corrected chi connectivity index (χ1v) is 8.92. The number of methoxy groups -OCH3 is 2. The van der Waals surface area contributed by atoms with Crippen molar-refractivity contribution >= 4 is 11.9 Å². The standard InChI is InChI=1S/C21H26O5/c1-20(2)16-13-21(18(22)24-3,19(23)25-4)12-15(16)10-11-17(26-20)14-8-6-5-7-9-14/h5-10,16-17H,11-13H2,1-4H3/t16-,17?/m0/s1. The van der Waals surface area contributed by atoms with E-state index >= 15 is 0 Å². The van der Waals surface area contributed by atoms with Gasteiger partial charge >= 0.3 is 11.9 Å². The van der Waals surface area contributed by atoms with E-state index in [1.165, 1.54) is 14.2 Å². The number of ether oxygens (including phenoxy) is 3. The Morgan fingerprint density at radius 3 is 2.27 bits per heavy atom. The van der Waals surface area contributed by atoms with Gasteiger partial charge in [0.05, 0.1) is 25.9 Å². The summed E-state index contributed by atoms with van der Waals surface area (Å²) in [6.07, 6.45) is 3.45. The normalized spacial score (nSPS) is 26.2. The van der Waals surface area contributed by atoms with Crippen LogP contribution in [0.2, 0.25) is 0 Å². The molecular formula is C21H26O5. The molecule has 0 bridgehead atoms. The van der Waals surface area contributed by atoms with E-state index < -0.39 is 23.0 Å². The zero-order chi connectivity index (χ0) is 18.9. The van der Waals surface area contributed by atoms with Crippen molar-refractivity contribution in [3.05, 3.63) is 47.5 Å². The highest BCUT2D eigenvalue weighted by molar-refractivity contribution is 6.01. The molecule has 1 aromatic carbocycles. The van der Waals surface area contributed by atoms with Gasteiger partial charge in [-0.15, -0.1) is 0 Å². The van der Waals surface area contributed by atoms with Crippen LogP contribution in [-0.4, -0.2) is 31.8 Å². The molecule has 1 aliphatic heterocycles. The number of carbonyl (C=O) groups excluding carboxylic acids is 2. The van der Waals surface area contributed by atoms with Gasteiger partial charge in [0.15, 0.2) is 5.41 Å². The van der Waals surface area contributed by atoms with Crippen LogP contribution in [0.25, 0.3) is 0 Å². The highest BCUT2D eigenvalue weighted by Gasteiger charge is 2.59. The summed E-state index contributed by atoms with van der Waals surface area (Å²) in [5.74, 6) is -1.11. The number of rotatable bonds is 3. The fraction of sp³-hybridized carbons (Fsp3) is 0.524. The average Bonchev–Trinajstić information content (AvgIpc) is 3.01. The number of carbonyl (C=O) groups is 2. The lowest BCUT2D eigenvalue weighted by Gasteiger charge is -2.35. The Morgan fingerprint density at radius 2 is 1.69 bits per heavy atom. The maximum absolute atomic E-state index is 12.5. The Kier molecular flexibility index (Phi) is 4.93. The lowest BCUT2D eigenvalue weighted by molar-refractivity contribution is -0.170. The van der Waals surface area contributed by atoms with Crippen molar-refractivity contribution in [2.75, 3.05) is 14.2 Å². The molecule has 0 spiro atoms. The lowest BCUT2D eigenvalue weighted by Crippen LogP contribution is -2.41. The summed E-state index contributed by atoms with van der Waals surface area (Å²) in [4.78, 5) is 24.9. The van der Waals surface area contributed by atoms with Gasteiger partial charge in [0, 0.05) is 5.92 Å². The molecule has 5 nitrogen and oxygen atoms in total. The summed E-state index contributed by atoms with van der Waals surface area (Å²) in [6.45, 7) is 4.05. The topological polar surface area (TPSA) is 61.8 Å². The second kappa shape index (κ2) is 6.88. The zero-order valence-corrected chi connectivity index (χ0v) is 15.8. The van der Waals surface area contributed by atoms with Crippen molar-refractivity contribution in [1.29, 1.82) is 0 Å². The van der Waals surface area contributed by atoms with Crippen molar-refractivity contribution < 1.29 is 23.8 Å². The van der Waals surface area contributed by atoms with Gasteiger partial charge in [-0.3, -0.25) is 9.59 Å². The Labute approximate surface area is 154 Å². The fourth-order valence-electron chi connectivity index (χ4n) is 4.34. The molecule has 0 amide bonds. The lowest BCUT2D eigenvalue weighted by atomic mass is 9.81. The van der Waals surface area contributed by atoms with Crippen LogP contribution in [0.4, 0.5) is 0 Å². The highest BCUT2D eigenvalue weighted by atomic mass is 16.5. The molecule has 26 heavy (non-hydrogen) atoms. The van der Waals surface area contributed by atoms with Crippen molar-refractivity contribution in [3.8, 4) is 0 Å². The smallest absolute Gasteiger partial charge is 0.323 e. The van der Waals surface area contributed by atoms with Crippen LogP contribution in [-0.2, 0) is 23.8 Å². The quantitative estimate of drug-likeness (QED) is 0.469. The molecule has 0 saturated heterocycles. The molecule has 0 radical (unpaired) electrons. The van der Waals surface area contributed by atoms with E-state index in [4.69, 9.17) is 14.2 Å². The third kappa shape index (κ3) is 3.05. The molecular weight excluding hydrogens is 332 g/mol. The number of hydrogen-bond donors (Lipinski definition) is 0. The number of hydrogen-bond acceptors (Lipinski definition) is 5. The first-order valence-electron chi connectivity index (χ1n) is 8.92. The minimum Gasteiger partial charge on any atom is -0.468 e. The van der Waals surface area contributed by atoms with Gasteiger partial charge in [0.25, 0.3) is 0 Å². The van der Waals surface area contributed by atoms with Crippen molar-refractivity contribution in [1.82, 2.24) is 0 Å². The second-order valence-corrected chi connectivity index (χ2v) is 7.63. The van der Waals surface area contributed by atoms with Crippen LogP contribution < -0.4 is 0 Å². The summed E-state index contributed by atoms with van der Waals surface area (Å²) in [5.41, 5.74) is 0.404. The molecule has 1 aromatic rings. The van der Waals surface area contributed by atoms with Gasteiger partial charge < -0.3 is 14.2 Å². The largest absolute Gasteiger partial charge is 0.468 e. The monoisotopic (exact) mass is 358 g/mol. The molecule has 1 aliphatic carbocycles. The SMILES string of the molecule is COC(=O)C1(C(=O)OC)CC2=CCC(c3ccccc3)OC(C)(C)[C@H]2C1. The molecule has 140 valence electrons. The van der Waals surface area contributed by atoms with E-state index in [1.807, 2.05) is 32.0 Å². The number of fused-ring (bicyclic) bond motifs is 1. The molecule has 1 heterocycles. The Morgan fingerprint density at radius 1 is 1.08 bits per heavy atom. The summed E-state index contributed by atoms with van der Waals surface area (Å²) in [7, 11) is 2.62. The van der Waals surface area contributed by atoms with E-state index in [9.17, 15) is 9.59 Å². The maximum Gasteiger partial charge on any atom is 0.323 e. The summed E-state index contributed by atoms with van der Waals surface area (Å²) in [6, 6.07) is 10.1. The Bertz CT molecular complexity index is 703. The van der Waals surface area contributed by atoms with Gasteiger partial charge in [-0.25, -0.2) is 0 Å². The van der Waals surface area contributed by atoms with Crippen molar-refractivity contribution in [3.63, 3.8) is 0 Å². The maximum atomic E-state index is 12.5. The second-order valence-electron chi connectivity index (χ2n) is 7.63. The van der Waals surface area contributed by atoms with Gasteiger partial charge in [-0.2, -0.15) is 0 Å². The zero-order valence-electron chi connectivity index (χ0n) is 15.8. The molecule has 0 aromatic heterocycles. The molecule has 1 unspecified atom stereocenters. The number of benzene rings is 1. The Hall–Kier alpha value is -2.14. The molecule has 0 N–H and O–H groups in total. The van der Waals surface area contributed by atoms with Crippen molar-refractivity contribution in [2.45, 2.75) is 44.8 Å². The van der Waals surface area contributed by atoms with Crippen LogP contribution >= 0.6 is 0 Å². The summed E-state index contributed by atoms with van der Waals surface area (Å²) < 4.78 is 16.4. The van der Waals surface area contributed by atoms with Gasteiger partial charge in [0.1, 0.15) is 0 Å². The van der Waals surface area contributed by atoms with E-state index in [0.717, 1.165) is 11.1 Å². The third-order valence-corrected chi connectivity index (χ3v) is 5.71. The molecule has 5 heteroatoms. The number of esters is 2. The first kappa shape index (κ1) is 18.6. The molecule has 3 rings (SSSR count). The average molecular weight is 358 g/mol. The molecule has 2 atom stereocenters. The third-order valence-electron chi connectivity index (χ3n) is 5.71. The van der Waals surface area contributed by atoms with Crippen LogP contribution in [0.1, 0.15) is 44.8 Å². The highest BCUT2D eigenvalue weighted by Crippen LogP contribution is 2.54. The molecule has 1 saturated carbocycles. The minimum atomic E-state index is -1.28. The van der Waals surface area contributed by atoms with Crippen LogP contribution in [0.3, 0.4) is 0 Å². The van der Waals surface area contributed by atoms with E-state index in [1.54, 1.807) is 0 Å². The van der Waals surface area contributed by atoms with Crippen LogP contribution in [0.5, 0.6) is 0 Å². The van der Waals surface area contributed by atoms with E-state index in [-0.39, 0.29) is 12.0 Å². The predicted molar refractivity (Wildman–Crippen MR) is 96.2 cm³/mol. The summed E-state index contributed by atoms with van der Waals surface area (Å²) in [5, 5.41) is 0. The molecule has 2 aliphatic rings. The first-order chi connectivity index (χ1) is 12.3. The van der Waals surface area contributed by atoms with E-state index in [0.29, 0.717) is 19.3 Å². The van der Waals surface area contributed by atoms with Crippen LogP contribution in [0.15, 0.2) is 42.0 Å². The van der Waals surface area contributed by atoms with Gasteiger partial charge in [0.2, 0.25) is 0 Å². The van der Waals surface area contributed by atoms with Crippen molar-refractivity contribution in [2.24, 2.45) is 11.3 Å². The predicted octanol–water partition coefficient (Wildman–Crippen LogP) is 3.60.